The Bertz CT molecular complexity index is 357. The van der Waals surface area contributed by atoms with Gasteiger partial charge in [-0.2, -0.15) is 0 Å². The number of hydrogen-bond donors (Lipinski definition) is 0. The lowest BCUT2D eigenvalue weighted by molar-refractivity contribution is -0.743. The summed E-state index contributed by atoms with van der Waals surface area (Å²) in [5.41, 5.74) is 0. The second-order valence-electron chi connectivity index (χ2n) is 4.03. The highest BCUT2D eigenvalue weighted by molar-refractivity contribution is 8.76. The molecule has 22 heavy (non-hydrogen) atoms. The van der Waals surface area contributed by atoms with Crippen molar-refractivity contribution in [2.45, 2.75) is 38.0 Å². The van der Waals surface area contributed by atoms with Gasteiger partial charge in [-0.05, 0) is 12.8 Å². The Morgan fingerprint density at radius 3 is 1.14 bits per heavy atom. The van der Waals surface area contributed by atoms with Gasteiger partial charge in [-0.15, -0.1) is 0 Å². The van der Waals surface area contributed by atoms with Crippen LogP contribution in [0.25, 0.3) is 0 Å². The number of nitrogens with zero attached hydrogens (tertiary/aromatic N) is 4. The zero-order valence-electron chi connectivity index (χ0n) is 11.3. The molecule has 14 heteroatoms. The van der Waals surface area contributed by atoms with E-state index >= 15 is 0 Å². The Hall–Kier alpha value is -1.70. The van der Waals surface area contributed by atoms with E-state index in [0.717, 1.165) is 0 Å². The fourth-order valence-corrected chi connectivity index (χ4v) is 3.56. The maximum Gasteiger partial charge on any atom is 0.450 e. The van der Waals surface area contributed by atoms with Gasteiger partial charge in [0.05, 0.1) is 32.5 Å². The van der Waals surface area contributed by atoms with Crippen molar-refractivity contribution in [1.29, 1.82) is 0 Å². The van der Waals surface area contributed by atoms with Crippen LogP contribution in [0.4, 0.5) is 0 Å². The Labute approximate surface area is 132 Å². The second kappa shape index (κ2) is 10.9. The zero-order valence-corrected chi connectivity index (χ0v) is 12.9. The molecule has 0 rings (SSSR count). The molecule has 0 aromatic carbocycles. The number of nitro groups is 4. The molecule has 0 aliphatic carbocycles. The maximum atomic E-state index is 10.4. The van der Waals surface area contributed by atoms with Gasteiger partial charge in [0.15, 0.2) is 0 Å². The minimum absolute atomic E-state index is 0.168. The third-order valence-electron chi connectivity index (χ3n) is 2.44. The van der Waals surface area contributed by atoms with Crippen molar-refractivity contribution in [1.82, 2.24) is 0 Å². The summed E-state index contributed by atoms with van der Waals surface area (Å²) in [5.74, 6) is 0.910. The number of rotatable bonds is 13. The average molecular weight is 358 g/mol. The summed E-state index contributed by atoms with van der Waals surface area (Å²) in [5, 5.41) is 41.4. The quantitative estimate of drug-likeness (QED) is 0.155. The van der Waals surface area contributed by atoms with E-state index in [1.54, 1.807) is 0 Å². The molecule has 0 saturated carbocycles. The fourth-order valence-electron chi connectivity index (χ4n) is 1.34. The summed E-state index contributed by atoms with van der Waals surface area (Å²) in [6.45, 7) is 0. The molecule has 0 bridgehead atoms. The smallest absolute Gasteiger partial charge is 0.259 e. The van der Waals surface area contributed by atoms with Crippen LogP contribution in [0.1, 0.15) is 25.7 Å². The lowest BCUT2D eigenvalue weighted by Crippen LogP contribution is -2.28. The van der Waals surface area contributed by atoms with Gasteiger partial charge >= 0.3 is 12.3 Å². The van der Waals surface area contributed by atoms with Crippen LogP contribution >= 0.6 is 21.6 Å². The largest absolute Gasteiger partial charge is 0.450 e. The van der Waals surface area contributed by atoms with Gasteiger partial charge in [-0.3, -0.25) is 40.5 Å². The molecule has 0 radical (unpaired) electrons. The predicted molar refractivity (Wildman–Crippen MR) is 78.9 cm³/mol. The minimum Gasteiger partial charge on any atom is -0.259 e. The molecular weight excluding hydrogens is 344 g/mol. The summed E-state index contributed by atoms with van der Waals surface area (Å²) in [7, 11) is 2.64. The lowest BCUT2D eigenvalue weighted by Gasteiger charge is -2.03. The van der Waals surface area contributed by atoms with E-state index in [9.17, 15) is 40.5 Å². The molecule has 0 aliphatic heterocycles. The fraction of sp³-hybridized carbons (Fsp3) is 1.00. The third-order valence-corrected chi connectivity index (χ3v) is 5.01. The van der Waals surface area contributed by atoms with E-state index < -0.39 is 32.0 Å². The predicted octanol–water partition coefficient (Wildman–Crippen LogP) is 1.69. The van der Waals surface area contributed by atoms with Crippen LogP contribution in [0, 0.1) is 40.5 Å². The topological polar surface area (TPSA) is 173 Å². The minimum atomic E-state index is -1.80. The SMILES string of the molecule is O=[N+]([O-])C(CCCSSCCCC([N+](=O)[O-])[N+](=O)[O-])[N+](=O)[O-]. The van der Waals surface area contributed by atoms with E-state index in [0.29, 0.717) is 11.5 Å². The van der Waals surface area contributed by atoms with Crippen molar-refractivity contribution < 1.29 is 19.7 Å². The van der Waals surface area contributed by atoms with Gasteiger partial charge in [0.2, 0.25) is 0 Å². The zero-order chi connectivity index (χ0) is 17.1. The van der Waals surface area contributed by atoms with Gasteiger partial charge in [-0.1, -0.05) is 21.6 Å². The van der Waals surface area contributed by atoms with Crippen LogP contribution in [0.15, 0.2) is 0 Å². The Balaban J connectivity index is 3.70. The standard InChI is InChI=1S/C8H14N4O8S2/c13-9(14)7(10(15)16)3-1-5-21-22-6-2-4-8(11(17)18)12(19)20/h7-8H,1-6H2. The summed E-state index contributed by atoms with van der Waals surface area (Å²) < 4.78 is 0. The highest BCUT2D eigenvalue weighted by Gasteiger charge is 2.31. The van der Waals surface area contributed by atoms with Crippen molar-refractivity contribution in [3.05, 3.63) is 40.5 Å². The first-order chi connectivity index (χ1) is 10.3. The van der Waals surface area contributed by atoms with Crippen LogP contribution in [0.3, 0.4) is 0 Å². The molecule has 0 heterocycles. The molecule has 0 atom stereocenters. The van der Waals surface area contributed by atoms with Crippen LogP contribution in [0.2, 0.25) is 0 Å². The van der Waals surface area contributed by atoms with E-state index in [1.807, 2.05) is 0 Å². The van der Waals surface area contributed by atoms with Crippen LogP contribution in [-0.2, 0) is 0 Å². The van der Waals surface area contributed by atoms with Crippen molar-refractivity contribution >= 4 is 21.6 Å². The van der Waals surface area contributed by atoms with Gasteiger partial charge < -0.3 is 0 Å². The van der Waals surface area contributed by atoms with E-state index in [1.165, 1.54) is 21.6 Å². The van der Waals surface area contributed by atoms with Crippen molar-refractivity contribution in [2.24, 2.45) is 0 Å². The normalized spacial score (nSPS) is 10.8. The molecule has 0 spiro atoms. The molecule has 126 valence electrons. The molecule has 0 N–H and O–H groups in total. The van der Waals surface area contributed by atoms with Gasteiger partial charge in [-0.25, -0.2) is 0 Å². The summed E-state index contributed by atoms with van der Waals surface area (Å²) in [6.07, 6.45) is -3.36. The van der Waals surface area contributed by atoms with E-state index in [2.05, 4.69) is 0 Å². The number of hydrogen-bond acceptors (Lipinski definition) is 10. The maximum absolute atomic E-state index is 10.4. The molecule has 0 fully saturated rings. The Morgan fingerprint density at radius 1 is 0.636 bits per heavy atom. The summed E-state index contributed by atoms with van der Waals surface area (Å²) in [4.78, 5) is 37.7. The van der Waals surface area contributed by atoms with Gasteiger partial charge in [0, 0.05) is 11.5 Å². The second-order valence-corrected chi connectivity index (χ2v) is 6.73. The molecular formula is C8H14N4O8S2. The lowest BCUT2D eigenvalue weighted by atomic mass is 10.3. The van der Waals surface area contributed by atoms with Crippen LogP contribution in [-0.4, -0.2) is 43.5 Å². The summed E-state index contributed by atoms with van der Waals surface area (Å²) >= 11 is 0. The first kappa shape index (κ1) is 20.3. The summed E-state index contributed by atoms with van der Waals surface area (Å²) in [6, 6.07) is 0. The molecule has 0 aromatic rings. The highest BCUT2D eigenvalue weighted by atomic mass is 33.1. The molecule has 0 saturated heterocycles. The van der Waals surface area contributed by atoms with Crippen LogP contribution in [0.5, 0.6) is 0 Å². The third kappa shape index (κ3) is 8.56. The van der Waals surface area contributed by atoms with Crippen molar-refractivity contribution in [2.75, 3.05) is 11.5 Å². The van der Waals surface area contributed by atoms with Crippen LogP contribution < -0.4 is 0 Å². The molecule has 0 aliphatic rings. The Morgan fingerprint density at radius 2 is 0.909 bits per heavy atom. The van der Waals surface area contributed by atoms with Gasteiger partial charge in [0.1, 0.15) is 0 Å². The first-order valence-electron chi connectivity index (χ1n) is 6.05. The van der Waals surface area contributed by atoms with E-state index in [4.69, 9.17) is 0 Å². The monoisotopic (exact) mass is 358 g/mol. The van der Waals surface area contributed by atoms with Gasteiger partial charge in [0.25, 0.3) is 0 Å². The average Bonchev–Trinajstić information content (AvgIpc) is 2.38. The Kier molecular flexibility index (Phi) is 10.1. The van der Waals surface area contributed by atoms with E-state index in [-0.39, 0.29) is 25.7 Å². The highest BCUT2D eigenvalue weighted by Crippen LogP contribution is 2.24. The molecule has 0 amide bonds. The molecule has 12 nitrogen and oxygen atoms in total. The molecule has 0 unspecified atom stereocenters. The molecule has 0 aromatic heterocycles. The van der Waals surface area contributed by atoms with Crippen molar-refractivity contribution in [3.8, 4) is 0 Å². The van der Waals surface area contributed by atoms with Crippen molar-refractivity contribution in [3.63, 3.8) is 0 Å². The first-order valence-corrected chi connectivity index (χ1v) is 8.54.